The van der Waals surface area contributed by atoms with E-state index in [0.29, 0.717) is 29.5 Å². The van der Waals surface area contributed by atoms with Crippen molar-refractivity contribution in [2.45, 2.75) is 18.9 Å². The van der Waals surface area contributed by atoms with Gasteiger partial charge in [0.05, 0.1) is 5.02 Å². The minimum atomic E-state index is -0.115. The lowest BCUT2D eigenvalue weighted by molar-refractivity contribution is 0.0692. The molecule has 5 rings (SSSR count). The lowest BCUT2D eigenvalue weighted by Crippen LogP contribution is -2.46. The van der Waals surface area contributed by atoms with Crippen LogP contribution in [0, 0.1) is 0 Å². The van der Waals surface area contributed by atoms with Gasteiger partial charge in [-0.2, -0.15) is 0 Å². The number of piperidine rings is 1. The van der Waals surface area contributed by atoms with Crippen molar-refractivity contribution in [1.82, 2.24) is 20.2 Å². The number of aromatic nitrogens is 2. The van der Waals surface area contributed by atoms with Crippen LogP contribution in [-0.4, -0.2) is 45.8 Å². The maximum Gasteiger partial charge on any atom is 0.270 e. The molecule has 2 aromatic carbocycles. The van der Waals surface area contributed by atoms with Crippen molar-refractivity contribution >= 4 is 45.1 Å². The number of halogens is 1. The first-order valence-electron chi connectivity index (χ1n) is 10.0. The molecule has 7 heteroatoms. The first kappa shape index (κ1) is 18.8. The molecule has 0 spiro atoms. The van der Waals surface area contributed by atoms with E-state index in [0.717, 1.165) is 34.5 Å². The van der Waals surface area contributed by atoms with Crippen LogP contribution in [-0.2, 0) is 0 Å². The van der Waals surface area contributed by atoms with Gasteiger partial charge >= 0.3 is 0 Å². The van der Waals surface area contributed by atoms with Crippen molar-refractivity contribution in [2.75, 3.05) is 13.1 Å². The molecule has 30 heavy (non-hydrogen) atoms. The number of carbonyl (C=O) groups excluding carboxylic acids is 2. The molecule has 0 atom stereocenters. The second kappa shape index (κ2) is 7.54. The number of hydrogen-bond donors (Lipinski definition) is 3. The molecular weight excluding hydrogens is 400 g/mol. The Balaban J connectivity index is 1.25. The second-order valence-electron chi connectivity index (χ2n) is 7.70. The zero-order valence-electron chi connectivity index (χ0n) is 16.2. The smallest absolute Gasteiger partial charge is 0.270 e. The fourth-order valence-electron chi connectivity index (χ4n) is 4.16. The number of aromatic amines is 2. The Kier molecular flexibility index (Phi) is 4.71. The summed E-state index contributed by atoms with van der Waals surface area (Å²) < 4.78 is 0. The molecule has 0 saturated carbocycles. The van der Waals surface area contributed by atoms with Crippen molar-refractivity contribution in [3.8, 4) is 0 Å². The molecule has 2 aromatic heterocycles. The van der Waals surface area contributed by atoms with Gasteiger partial charge in [-0.15, -0.1) is 0 Å². The summed E-state index contributed by atoms with van der Waals surface area (Å²) in [6.07, 6.45) is 3.04. The van der Waals surface area contributed by atoms with E-state index in [4.69, 9.17) is 11.6 Å². The van der Waals surface area contributed by atoms with Gasteiger partial charge < -0.3 is 20.2 Å². The van der Waals surface area contributed by atoms with E-state index in [9.17, 15) is 9.59 Å². The van der Waals surface area contributed by atoms with Gasteiger partial charge in [0.2, 0.25) is 0 Å². The Morgan fingerprint density at radius 3 is 2.57 bits per heavy atom. The third-order valence-corrected chi connectivity index (χ3v) is 5.99. The van der Waals surface area contributed by atoms with Crippen LogP contribution in [0.3, 0.4) is 0 Å². The number of fused-ring (bicyclic) bond motifs is 3. The van der Waals surface area contributed by atoms with Crippen LogP contribution >= 0.6 is 11.6 Å². The second-order valence-corrected chi connectivity index (χ2v) is 8.14. The third-order valence-electron chi connectivity index (χ3n) is 5.77. The first-order valence-corrected chi connectivity index (χ1v) is 10.4. The summed E-state index contributed by atoms with van der Waals surface area (Å²) in [4.78, 5) is 33.3. The van der Waals surface area contributed by atoms with Gasteiger partial charge in [0, 0.05) is 36.2 Å². The number of hydrogen-bond acceptors (Lipinski definition) is 2. The summed E-state index contributed by atoms with van der Waals surface area (Å²) in [5, 5.41) is 6.95. The number of amides is 2. The third kappa shape index (κ3) is 3.44. The van der Waals surface area contributed by atoms with E-state index in [2.05, 4.69) is 33.5 Å². The van der Waals surface area contributed by atoms with E-state index in [1.54, 1.807) is 17.2 Å². The van der Waals surface area contributed by atoms with Gasteiger partial charge in [0.15, 0.2) is 0 Å². The van der Waals surface area contributed by atoms with Crippen molar-refractivity contribution in [3.05, 3.63) is 71.1 Å². The average molecular weight is 421 g/mol. The highest BCUT2D eigenvalue weighted by Gasteiger charge is 2.26. The maximum atomic E-state index is 12.8. The van der Waals surface area contributed by atoms with Crippen LogP contribution in [0.2, 0.25) is 5.02 Å². The van der Waals surface area contributed by atoms with Crippen LogP contribution in [0.25, 0.3) is 21.7 Å². The first-order chi connectivity index (χ1) is 14.6. The summed E-state index contributed by atoms with van der Waals surface area (Å²) in [7, 11) is 0. The highest BCUT2D eigenvalue weighted by Crippen LogP contribution is 2.26. The lowest BCUT2D eigenvalue weighted by atomic mass is 10.0. The molecular formula is C23H21ClN4O2. The van der Waals surface area contributed by atoms with Crippen LogP contribution in [0.4, 0.5) is 0 Å². The molecule has 0 bridgehead atoms. The molecule has 1 fully saturated rings. The summed E-state index contributed by atoms with van der Waals surface area (Å²) in [5.74, 6) is -0.176. The topological polar surface area (TPSA) is 81.0 Å². The maximum absolute atomic E-state index is 12.8. The highest BCUT2D eigenvalue weighted by molar-refractivity contribution is 6.31. The van der Waals surface area contributed by atoms with Crippen molar-refractivity contribution < 1.29 is 9.59 Å². The molecule has 3 heterocycles. The van der Waals surface area contributed by atoms with Gasteiger partial charge in [-0.25, -0.2) is 0 Å². The van der Waals surface area contributed by atoms with Gasteiger partial charge in [0.1, 0.15) is 11.4 Å². The molecule has 152 valence electrons. The number of rotatable bonds is 3. The lowest BCUT2D eigenvalue weighted by Gasteiger charge is -2.32. The van der Waals surface area contributed by atoms with E-state index in [1.165, 1.54) is 0 Å². The zero-order chi connectivity index (χ0) is 20.7. The number of H-pyrrole nitrogens is 2. The van der Waals surface area contributed by atoms with Crippen molar-refractivity contribution in [1.29, 1.82) is 0 Å². The molecule has 1 aliphatic rings. The molecule has 1 aliphatic heterocycles. The number of carbonyl (C=O) groups is 2. The molecule has 1 saturated heterocycles. The number of likely N-dealkylation sites (tertiary alicyclic amines) is 1. The fourth-order valence-corrected chi connectivity index (χ4v) is 4.32. The fraction of sp³-hybridized carbons (Fsp3) is 0.217. The molecule has 0 aliphatic carbocycles. The molecule has 6 nitrogen and oxygen atoms in total. The quantitative estimate of drug-likeness (QED) is 0.461. The minimum Gasteiger partial charge on any atom is -0.356 e. The van der Waals surface area contributed by atoms with Crippen LogP contribution in [0.1, 0.15) is 33.8 Å². The van der Waals surface area contributed by atoms with Crippen molar-refractivity contribution in [3.63, 3.8) is 0 Å². The number of benzene rings is 2. The van der Waals surface area contributed by atoms with Gasteiger partial charge in [-0.1, -0.05) is 41.9 Å². The largest absolute Gasteiger partial charge is 0.356 e. The van der Waals surface area contributed by atoms with Gasteiger partial charge in [-0.3, -0.25) is 9.59 Å². The zero-order valence-corrected chi connectivity index (χ0v) is 17.0. The van der Waals surface area contributed by atoms with Crippen molar-refractivity contribution in [2.24, 2.45) is 0 Å². The van der Waals surface area contributed by atoms with Crippen LogP contribution in [0.15, 0.2) is 54.7 Å². The minimum absolute atomic E-state index is 0.0388. The van der Waals surface area contributed by atoms with Crippen LogP contribution in [0.5, 0.6) is 0 Å². The normalized spacial score (nSPS) is 15.0. The number of nitrogens with one attached hydrogen (secondary N) is 3. The van der Waals surface area contributed by atoms with E-state index >= 15 is 0 Å². The molecule has 0 unspecified atom stereocenters. The molecule has 3 N–H and O–H groups in total. The summed E-state index contributed by atoms with van der Waals surface area (Å²) in [6, 6.07) is 15.8. The van der Waals surface area contributed by atoms with E-state index < -0.39 is 0 Å². The summed E-state index contributed by atoms with van der Waals surface area (Å²) >= 11 is 5.89. The van der Waals surface area contributed by atoms with Gasteiger partial charge in [-0.05, 0) is 41.8 Å². The Bertz CT molecular complexity index is 1250. The predicted molar refractivity (Wildman–Crippen MR) is 118 cm³/mol. The summed E-state index contributed by atoms with van der Waals surface area (Å²) in [6.45, 7) is 1.19. The van der Waals surface area contributed by atoms with Crippen LogP contribution < -0.4 is 5.32 Å². The predicted octanol–water partition coefficient (Wildman–Crippen LogP) is 4.34. The molecule has 0 radical (unpaired) electrons. The monoisotopic (exact) mass is 420 g/mol. The molecule has 4 aromatic rings. The highest BCUT2D eigenvalue weighted by atomic mass is 35.5. The average Bonchev–Trinajstić information content (AvgIpc) is 3.40. The van der Waals surface area contributed by atoms with Gasteiger partial charge in [0.25, 0.3) is 11.8 Å². The number of nitrogens with zero attached hydrogens (tertiary/aromatic N) is 1. The Morgan fingerprint density at radius 2 is 1.80 bits per heavy atom. The van der Waals surface area contributed by atoms with E-state index in [-0.39, 0.29) is 17.9 Å². The Hall–Kier alpha value is -3.25. The Morgan fingerprint density at radius 1 is 1.00 bits per heavy atom. The summed E-state index contributed by atoms with van der Waals surface area (Å²) in [5.41, 5.74) is 2.00. The van der Waals surface area contributed by atoms with E-state index in [1.807, 2.05) is 24.3 Å². The standard InChI is InChI=1S/C23H21ClN4O2/c24-15-11-21(25-13-15)23(30)28-9-7-16(8-10-28)26-22(29)20-12-18-17-4-2-1-3-14(17)5-6-19(18)27-20/h1-6,11-13,16,25,27H,7-10H2,(H,26,29). The Labute approximate surface area is 178 Å². The molecule has 2 amide bonds. The SMILES string of the molecule is O=C(NC1CCN(C(=O)c2cc(Cl)c[nH]2)CC1)c1cc2c(ccc3ccccc32)[nH]1.